The van der Waals surface area contributed by atoms with E-state index in [4.69, 9.17) is 5.73 Å². The smallest absolute Gasteiger partial charge is 0.0484 e. The summed E-state index contributed by atoms with van der Waals surface area (Å²) in [5.74, 6) is 0. The lowest BCUT2D eigenvalue weighted by atomic mass is 10.2. The van der Waals surface area contributed by atoms with Crippen LogP contribution in [0.4, 0.5) is 0 Å². The van der Waals surface area contributed by atoms with Gasteiger partial charge in [0.15, 0.2) is 0 Å². The minimum Gasteiger partial charge on any atom is -0.326 e. The van der Waals surface area contributed by atoms with Crippen molar-refractivity contribution in [2.45, 2.75) is 27.3 Å². The molecule has 0 bridgehead atoms. The van der Waals surface area contributed by atoms with Crippen LogP contribution in [0, 0.1) is 20.8 Å². The van der Waals surface area contributed by atoms with Gasteiger partial charge in [-0.2, -0.15) is 0 Å². The standard InChI is InChI=1S/C14H17BrN2/c1-9-6-13(15)4-5-14(9)17-10(2)7-12(8-16)11(17)3/h4-7H,8,16H2,1-3H3. The quantitative estimate of drug-likeness (QED) is 0.900. The van der Waals surface area contributed by atoms with Gasteiger partial charge in [-0.25, -0.2) is 0 Å². The zero-order valence-corrected chi connectivity index (χ0v) is 12.0. The Balaban J connectivity index is 2.64. The molecule has 0 spiro atoms. The lowest BCUT2D eigenvalue weighted by Gasteiger charge is -2.13. The maximum Gasteiger partial charge on any atom is 0.0484 e. The molecule has 0 radical (unpaired) electrons. The molecule has 1 heterocycles. The van der Waals surface area contributed by atoms with E-state index in [-0.39, 0.29) is 0 Å². The van der Waals surface area contributed by atoms with Crippen molar-refractivity contribution in [1.29, 1.82) is 0 Å². The molecule has 2 nitrogen and oxygen atoms in total. The summed E-state index contributed by atoms with van der Waals surface area (Å²) in [6.07, 6.45) is 0. The molecule has 0 aliphatic heterocycles. The lowest BCUT2D eigenvalue weighted by molar-refractivity contribution is 0.934. The topological polar surface area (TPSA) is 30.9 Å². The van der Waals surface area contributed by atoms with Crippen LogP contribution < -0.4 is 5.73 Å². The van der Waals surface area contributed by atoms with E-state index in [9.17, 15) is 0 Å². The Kier molecular flexibility index (Phi) is 3.40. The summed E-state index contributed by atoms with van der Waals surface area (Å²) >= 11 is 3.50. The highest BCUT2D eigenvalue weighted by molar-refractivity contribution is 9.10. The van der Waals surface area contributed by atoms with Crippen LogP contribution in [0.25, 0.3) is 5.69 Å². The third kappa shape index (κ3) is 2.17. The van der Waals surface area contributed by atoms with Crippen molar-refractivity contribution >= 4 is 15.9 Å². The van der Waals surface area contributed by atoms with E-state index in [1.54, 1.807) is 0 Å². The Morgan fingerprint density at radius 1 is 1.18 bits per heavy atom. The summed E-state index contributed by atoms with van der Waals surface area (Å²) < 4.78 is 3.38. The van der Waals surface area contributed by atoms with Gasteiger partial charge in [0.25, 0.3) is 0 Å². The van der Waals surface area contributed by atoms with Crippen molar-refractivity contribution in [2.24, 2.45) is 5.73 Å². The summed E-state index contributed by atoms with van der Waals surface area (Å²) in [6, 6.07) is 8.51. The number of halogens is 1. The van der Waals surface area contributed by atoms with Crippen molar-refractivity contribution in [3.8, 4) is 5.69 Å². The minimum absolute atomic E-state index is 0.593. The molecular weight excluding hydrogens is 276 g/mol. The highest BCUT2D eigenvalue weighted by Gasteiger charge is 2.11. The predicted octanol–water partition coefficient (Wildman–Crippen LogP) is 3.62. The molecule has 1 aromatic carbocycles. The second kappa shape index (κ2) is 4.67. The van der Waals surface area contributed by atoms with Gasteiger partial charge >= 0.3 is 0 Å². The molecule has 0 saturated heterocycles. The van der Waals surface area contributed by atoms with Gasteiger partial charge < -0.3 is 10.3 Å². The van der Waals surface area contributed by atoms with Gasteiger partial charge in [0.05, 0.1) is 0 Å². The second-order valence-corrected chi connectivity index (χ2v) is 5.28. The van der Waals surface area contributed by atoms with E-state index in [2.05, 4.69) is 65.5 Å². The first kappa shape index (κ1) is 12.4. The number of aromatic nitrogens is 1. The van der Waals surface area contributed by atoms with E-state index in [0.717, 1.165) is 4.47 Å². The molecule has 2 rings (SSSR count). The molecule has 0 amide bonds. The van der Waals surface area contributed by atoms with Crippen LogP contribution in [-0.2, 0) is 6.54 Å². The molecule has 90 valence electrons. The minimum atomic E-state index is 0.593. The van der Waals surface area contributed by atoms with Gasteiger partial charge in [0.2, 0.25) is 0 Å². The van der Waals surface area contributed by atoms with E-state index in [1.807, 2.05) is 0 Å². The Labute approximate surface area is 111 Å². The Morgan fingerprint density at radius 3 is 2.41 bits per heavy atom. The summed E-state index contributed by atoms with van der Waals surface area (Å²) in [5, 5.41) is 0. The van der Waals surface area contributed by atoms with Gasteiger partial charge in [-0.1, -0.05) is 15.9 Å². The monoisotopic (exact) mass is 292 g/mol. The number of hydrogen-bond acceptors (Lipinski definition) is 1. The predicted molar refractivity (Wildman–Crippen MR) is 75.6 cm³/mol. The van der Waals surface area contributed by atoms with Gasteiger partial charge in [-0.15, -0.1) is 0 Å². The van der Waals surface area contributed by atoms with Crippen molar-refractivity contribution in [1.82, 2.24) is 4.57 Å². The Bertz CT molecular complexity index is 556. The first-order chi connectivity index (χ1) is 8.04. The number of aryl methyl sites for hydroxylation is 2. The first-order valence-corrected chi connectivity index (χ1v) is 6.48. The van der Waals surface area contributed by atoms with E-state index in [0.29, 0.717) is 6.54 Å². The molecule has 0 unspecified atom stereocenters. The fraction of sp³-hybridized carbons (Fsp3) is 0.286. The maximum absolute atomic E-state index is 5.75. The molecule has 0 atom stereocenters. The third-order valence-electron chi connectivity index (χ3n) is 3.16. The molecule has 17 heavy (non-hydrogen) atoms. The zero-order valence-electron chi connectivity index (χ0n) is 10.4. The van der Waals surface area contributed by atoms with Crippen molar-refractivity contribution in [3.63, 3.8) is 0 Å². The van der Waals surface area contributed by atoms with Crippen LogP contribution in [0.5, 0.6) is 0 Å². The summed E-state index contributed by atoms with van der Waals surface area (Å²) in [7, 11) is 0. The molecule has 2 N–H and O–H groups in total. The summed E-state index contributed by atoms with van der Waals surface area (Å²) in [4.78, 5) is 0. The van der Waals surface area contributed by atoms with Gasteiger partial charge in [-0.05, 0) is 56.2 Å². The molecule has 1 aromatic heterocycles. The Hall–Kier alpha value is -1.06. The average Bonchev–Trinajstić information content (AvgIpc) is 2.55. The van der Waals surface area contributed by atoms with Gasteiger partial charge in [0.1, 0.15) is 0 Å². The van der Waals surface area contributed by atoms with E-state index < -0.39 is 0 Å². The van der Waals surface area contributed by atoms with Crippen LogP contribution in [0.1, 0.15) is 22.5 Å². The van der Waals surface area contributed by atoms with Crippen molar-refractivity contribution in [3.05, 3.63) is 51.3 Å². The zero-order chi connectivity index (χ0) is 12.6. The molecule has 0 aliphatic rings. The molecule has 0 aliphatic carbocycles. The Morgan fingerprint density at radius 2 is 1.88 bits per heavy atom. The normalized spacial score (nSPS) is 10.9. The molecular formula is C14H17BrN2. The van der Waals surface area contributed by atoms with Crippen LogP contribution in [0.3, 0.4) is 0 Å². The van der Waals surface area contributed by atoms with Crippen molar-refractivity contribution < 1.29 is 0 Å². The van der Waals surface area contributed by atoms with Crippen molar-refractivity contribution in [2.75, 3.05) is 0 Å². The SMILES string of the molecule is Cc1cc(Br)ccc1-n1c(C)cc(CN)c1C. The number of nitrogens with zero attached hydrogens (tertiary/aromatic N) is 1. The van der Waals surface area contributed by atoms with Gasteiger partial charge in [0, 0.05) is 28.1 Å². The molecule has 3 heteroatoms. The van der Waals surface area contributed by atoms with Crippen LogP contribution in [-0.4, -0.2) is 4.57 Å². The lowest BCUT2D eigenvalue weighted by Crippen LogP contribution is -2.03. The number of rotatable bonds is 2. The fourth-order valence-corrected chi connectivity index (χ4v) is 2.75. The van der Waals surface area contributed by atoms with Gasteiger partial charge in [-0.3, -0.25) is 0 Å². The number of hydrogen-bond donors (Lipinski definition) is 1. The second-order valence-electron chi connectivity index (χ2n) is 4.37. The maximum atomic E-state index is 5.75. The van der Waals surface area contributed by atoms with Crippen LogP contribution >= 0.6 is 15.9 Å². The first-order valence-electron chi connectivity index (χ1n) is 5.69. The average molecular weight is 293 g/mol. The highest BCUT2D eigenvalue weighted by Crippen LogP contribution is 2.25. The molecule has 0 saturated carbocycles. The summed E-state index contributed by atoms with van der Waals surface area (Å²) in [6.45, 7) is 6.96. The van der Waals surface area contributed by atoms with E-state index in [1.165, 1.54) is 28.2 Å². The molecule has 0 fully saturated rings. The summed E-state index contributed by atoms with van der Waals surface area (Å²) in [5.41, 5.74) is 11.9. The van der Waals surface area contributed by atoms with Crippen LogP contribution in [0.15, 0.2) is 28.7 Å². The van der Waals surface area contributed by atoms with Crippen LogP contribution in [0.2, 0.25) is 0 Å². The highest BCUT2D eigenvalue weighted by atomic mass is 79.9. The largest absolute Gasteiger partial charge is 0.326 e. The fourth-order valence-electron chi connectivity index (χ4n) is 2.28. The number of nitrogens with two attached hydrogens (primary N) is 1. The third-order valence-corrected chi connectivity index (χ3v) is 3.65. The molecule has 2 aromatic rings. The number of benzene rings is 1. The van der Waals surface area contributed by atoms with E-state index >= 15 is 0 Å².